The summed E-state index contributed by atoms with van der Waals surface area (Å²) in [6.45, 7) is 6.59. The van der Waals surface area contributed by atoms with E-state index >= 15 is 0 Å². The van der Waals surface area contributed by atoms with Gasteiger partial charge in [-0.05, 0) is 57.9 Å². The van der Waals surface area contributed by atoms with E-state index in [9.17, 15) is 4.79 Å². The Labute approximate surface area is 122 Å². The molecule has 3 heteroatoms. The van der Waals surface area contributed by atoms with Crippen LogP contribution in [0, 0.1) is 13.8 Å². The van der Waals surface area contributed by atoms with Crippen molar-refractivity contribution in [1.82, 2.24) is 0 Å². The van der Waals surface area contributed by atoms with Crippen LogP contribution in [0.4, 0.5) is 0 Å². The molecule has 0 spiro atoms. The second-order valence-electron chi connectivity index (χ2n) is 4.68. The highest BCUT2D eigenvalue weighted by Gasteiger charge is 2.12. The SMILES string of the molecule is CCOc1ccc(PC(=O)c2c(C)cccc2C)cc1. The highest BCUT2D eigenvalue weighted by molar-refractivity contribution is 7.66. The van der Waals surface area contributed by atoms with E-state index in [0.29, 0.717) is 6.61 Å². The molecule has 0 radical (unpaired) electrons. The molecule has 1 unspecified atom stereocenters. The van der Waals surface area contributed by atoms with Gasteiger partial charge in [0.2, 0.25) is 0 Å². The van der Waals surface area contributed by atoms with Gasteiger partial charge in [0.05, 0.1) is 6.61 Å². The molecule has 2 aromatic rings. The lowest BCUT2D eigenvalue weighted by Gasteiger charge is -2.09. The number of hydrogen-bond donors (Lipinski definition) is 0. The molecule has 0 bridgehead atoms. The number of carbonyl (C=O) groups is 1. The lowest BCUT2D eigenvalue weighted by molar-refractivity contribution is 0.108. The van der Waals surface area contributed by atoms with Crippen molar-refractivity contribution in [3.63, 3.8) is 0 Å². The van der Waals surface area contributed by atoms with Crippen LogP contribution in [0.25, 0.3) is 0 Å². The van der Waals surface area contributed by atoms with Gasteiger partial charge in [-0.3, -0.25) is 4.79 Å². The van der Waals surface area contributed by atoms with E-state index in [1.165, 1.54) is 0 Å². The van der Waals surface area contributed by atoms with Crippen LogP contribution in [0.15, 0.2) is 42.5 Å². The van der Waals surface area contributed by atoms with Gasteiger partial charge in [-0.15, -0.1) is 0 Å². The quantitative estimate of drug-likeness (QED) is 0.780. The summed E-state index contributed by atoms with van der Waals surface area (Å²) in [5, 5.41) is 1.04. The number of benzene rings is 2. The van der Waals surface area contributed by atoms with Crippen molar-refractivity contribution in [2.75, 3.05) is 6.61 Å². The third-order valence-corrected chi connectivity index (χ3v) is 4.23. The van der Waals surface area contributed by atoms with E-state index in [-0.39, 0.29) is 14.1 Å². The molecular formula is C17H19O2P. The fourth-order valence-electron chi connectivity index (χ4n) is 2.17. The van der Waals surface area contributed by atoms with Gasteiger partial charge in [-0.2, -0.15) is 0 Å². The molecular weight excluding hydrogens is 267 g/mol. The molecule has 104 valence electrons. The molecule has 0 aliphatic rings. The monoisotopic (exact) mass is 286 g/mol. The second-order valence-corrected chi connectivity index (χ2v) is 5.96. The number of carbonyl (C=O) groups excluding carboxylic acids is 1. The van der Waals surface area contributed by atoms with Crippen LogP contribution in [0.1, 0.15) is 28.4 Å². The highest BCUT2D eigenvalue weighted by atomic mass is 31.1. The van der Waals surface area contributed by atoms with Crippen molar-refractivity contribution in [2.45, 2.75) is 20.8 Å². The van der Waals surface area contributed by atoms with Crippen molar-refractivity contribution in [3.8, 4) is 5.75 Å². The van der Waals surface area contributed by atoms with E-state index < -0.39 is 0 Å². The van der Waals surface area contributed by atoms with E-state index in [1.54, 1.807) is 0 Å². The molecule has 2 nitrogen and oxygen atoms in total. The Morgan fingerprint density at radius 2 is 1.65 bits per heavy atom. The van der Waals surface area contributed by atoms with E-state index in [1.807, 2.05) is 63.2 Å². The molecule has 0 N–H and O–H groups in total. The van der Waals surface area contributed by atoms with E-state index in [2.05, 4.69) is 0 Å². The van der Waals surface area contributed by atoms with Crippen LogP contribution in [-0.4, -0.2) is 12.1 Å². The first-order valence-electron chi connectivity index (χ1n) is 6.72. The van der Waals surface area contributed by atoms with Crippen LogP contribution >= 0.6 is 8.58 Å². The van der Waals surface area contributed by atoms with Gasteiger partial charge in [-0.25, -0.2) is 0 Å². The molecule has 20 heavy (non-hydrogen) atoms. The summed E-state index contributed by atoms with van der Waals surface area (Å²) >= 11 is 0. The predicted octanol–water partition coefficient (Wildman–Crippen LogP) is 3.85. The van der Waals surface area contributed by atoms with Crippen molar-refractivity contribution < 1.29 is 9.53 Å². The first-order valence-corrected chi connectivity index (χ1v) is 7.72. The van der Waals surface area contributed by atoms with Gasteiger partial charge in [0.15, 0.2) is 5.52 Å². The average Bonchev–Trinajstić information content (AvgIpc) is 2.41. The summed E-state index contributed by atoms with van der Waals surface area (Å²) in [4.78, 5) is 12.4. The first-order chi connectivity index (χ1) is 9.61. The molecule has 0 amide bonds. The summed E-state index contributed by atoms with van der Waals surface area (Å²) < 4.78 is 5.41. The standard InChI is InChI=1S/C17H19O2P/c1-4-19-14-8-10-15(11-9-14)20-17(18)16-12(2)6-5-7-13(16)3/h5-11,20H,4H2,1-3H3. The summed E-state index contributed by atoms with van der Waals surface area (Å²) in [5.74, 6) is 0.848. The third-order valence-electron chi connectivity index (χ3n) is 3.13. The first kappa shape index (κ1) is 14.7. The summed E-state index contributed by atoms with van der Waals surface area (Å²) in [7, 11) is 0.152. The van der Waals surface area contributed by atoms with E-state index in [0.717, 1.165) is 27.7 Å². The van der Waals surface area contributed by atoms with Gasteiger partial charge in [0, 0.05) is 5.56 Å². The third kappa shape index (κ3) is 3.46. The van der Waals surface area contributed by atoms with Gasteiger partial charge in [0.25, 0.3) is 0 Å². The Morgan fingerprint density at radius 1 is 1.05 bits per heavy atom. The fraction of sp³-hybridized carbons (Fsp3) is 0.235. The highest BCUT2D eigenvalue weighted by Crippen LogP contribution is 2.24. The summed E-state index contributed by atoms with van der Waals surface area (Å²) in [6.07, 6.45) is 0. The number of ether oxygens (including phenoxy) is 1. The molecule has 0 saturated carbocycles. The van der Waals surface area contributed by atoms with Gasteiger partial charge < -0.3 is 4.74 Å². The maximum absolute atomic E-state index is 12.4. The predicted molar refractivity (Wildman–Crippen MR) is 85.8 cm³/mol. The van der Waals surface area contributed by atoms with Crippen molar-refractivity contribution >= 4 is 19.4 Å². The van der Waals surface area contributed by atoms with E-state index in [4.69, 9.17) is 4.74 Å². The molecule has 2 aromatic carbocycles. The number of aryl methyl sites for hydroxylation is 2. The fourth-order valence-corrected chi connectivity index (χ4v) is 3.28. The summed E-state index contributed by atoms with van der Waals surface area (Å²) in [5.41, 5.74) is 3.16. The molecule has 0 saturated heterocycles. The zero-order valence-electron chi connectivity index (χ0n) is 12.1. The Kier molecular flexibility index (Phi) is 4.92. The minimum absolute atomic E-state index is 0.152. The van der Waals surface area contributed by atoms with Crippen molar-refractivity contribution in [1.29, 1.82) is 0 Å². The van der Waals surface area contributed by atoms with Crippen LogP contribution in [-0.2, 0) is 0 Å². The second kappa shape index (κ2) is 6.67. The topological polar surface area (TPSA) is 26.3 Å². The molecule has 2 rings (SSSR count). The zero-order valence-corrected chi connectivity index (χ0v) is 13.1. The van der Waals surface area contributed by atoms with Crippen LogP contribution < -0.4 is 10.0 Å². The Hall–Kier alpha value is -1.66. The lowest BCUT2D eigenvalue weighted by atomic mass is 10.0. The van der Waals surface area contributed by atoms with Gasteiger partial charge in [-0.1, -0.05) is 30.3 Å². The zero-order chi connectivity index (χ0) is 14.5. The van der Waals surface area contributed by atoms with Crippen LogP contribution in [0.3, 0.4) is 0 Å². The molecule has 0 fully saturated rings. The number of rotatable bonds is 5. The molecule has 0 aromatic heterocycles. The molecule has 1 atom stereocenters. The minimum atomic E-state index is 0.152. The normalized spacial score (nSPS) is 10.9. The van der Waals surface area contributed by atoms with Crippen LogP contribution in [0.5, 0.6) is 5.75 Å². The average molecular weight is 286 g/mol. The smallest absolute Gasteiger partial charge is 0.186 e. The molecule has 0 heterocycles. The van der Waals surface area contributed by atoms with Gasteiger partial charge in [0.1, 0.15) is 5.75 Å². The Morgan fingerprint density at radius 3 is 2.20 bits per heavy atom. The summed E-state index contributed by atoms with van der Waals surface area (Å²) in [6, 6.07) is 13.7. The minimum Gasteiger partial charge on any atom is -0.494 e. The maximum atomic E-state index is 12.4. The maximum Gasteiger partial charge on any atom is 0.186 e. The molecule has 0 aliphatic heterocycles. The lowest BCUT2D eigenvalue weighted by Crippen LogP contribution is -2.04. The Bertz CT molecular complexity index is 583. The molecule has 0 aliphatic carbocycles. The van der Waals surface area contributed by atoms with Gasteiger partial charge >= 0.3 is 0 Å². The number of hydrogen-bond acceptors (Lipinski definition) is 2. The van der Waals surface area contributed by atoms with Crippen molar-refractivity contribution in [2.24, 2.45) is 0 Å². The largest absolute Gasteiger partial charge is 0.494 e. The Balaban J connectivity index is 2.15. The van der Waals surface area contributed by atoms with Crippen LogP contribution in [0.2, 0.25) is 0 Å². The van der Waals surface area contributed by atoms with Crippen molar-refractivity contribution in [3.05, 3.63) is 59.2 Å².